The van der Waals surface area contributed by atoms with Crippen LogP contribution < -0.4 is 10.6 Å². The molecular weight excluding hydrogens is 502 g/mol. The Morgan fingerprint density at radius 2 is 1.86 bits per heavy atom. The zero-order valence-corrected chi connectivity index (χ0v) is 19.3. The van der Waals surface area contributed by atoms with Gasteiger partial charge in [-0.25, -0.2) is 14.0 Å². The molecule has 37 heavy (non-hydrogen) atoms. The number of nitrogens with one attached hydrogen (secondary N) is 2. The number of oxime groups is 1. The molecule has 0 saturated carbocycles. The summed E-state index contributed by atoms with van der Waals surface area (Å²) in [4.78, 5) is 45.3. The minimum absolute atomic E-state index is 0.288. The maximum absolute atomic E-state index is 13.0. The van der Waals surface area contributed by atoms with Crippen molar-refractivity contribution in [1.29, 1.82) is 0 Å². The Balaban J connectivity index is 0.000000479. The lowest BCUT2D eigenvalue weighted by molar-refractivity contribution is -0.192. The van der Waals surface area contributed by atoms with Gasteiger partial charge in [0.1, 0.15) is 11.5 Å². The van der Waals surface area contributed by atoms with Crippen LogP contribution in [0.2, 0.25) is 0 Å². The number of carbonyl (C=O) groups is 3. The molecule has 1 unspecified atom stereocenters. The minimum atomic E-state index is -5.08. The van der Waals surface area contributed by atoms with Gasteiger partial charge in [0, 0.05) is 37.6 Å². The molecule has 10 nitrogen and oxygen atoms in total. The Morgan fingerprint density at radius 3 is 2.49 bits per heavy atom. The third kappa shape index (κ3) is 7.88. The third-order valence-corrected chi connectivity index (χ3v) is 5.44. The molecule has 4 rings (SSSR count). The van der Waals surface area contributed by atoms with E-state index in [2.05, 4.69) is 20.8 Å². The van der Waals surface area contributed by atoms with Gasteiger partial charge >= 0.3 is 18.2 Å². The van der Waals surface area contributed by atoms with Gasteiger partial charge in [-0.15, -0.1) is 0 Å². The standard InChI is InChI=1S/C21H22FN5O3.C2HF3O2/c22-16-4-6-17(7-5-16)25-20(29)27-10-2-8-21(14-27)11-18(26-30-21)19(28)24-13-15-3-1-9-23-12-15;3-2(4,5)1(6)7/h1,3-7,9,12H,2,8,10-11,13-14H2,(H,24,28)(H,25,29);(H,6,7). The molecule has 2 aliphatic rings. The van der Waals surface area contributed by atoms with E-state index in [0.29, 0.717) is 43.9 Å². The fourth-order valence-corrected chi connectivity index (χ4v) is 3.66. The monoisotopic (exact) mass is 525 g/mol. The maximum atomic E-state index is 13.0. The molecule has 2 aromatic rings. The van der Waals surface area contributed by atoms with E-state index in [9.17, 15) is 27.2 Å². The molecule has 1 aromatic heterocycles. The topological polar surface area (TPSA) is 133 Å². The molecule has 3 heterocycles. The molecule has 0 bridgehead atoms. The third-order valence-electron chi connectivity index (χ3n) is 5.44. The Kier molecular flexibility index (Phi) is 8.63. The summed E-state index contributed by atoms with van der Waals surface area (Å²) in [6.07, 6.45) is 0.0534. The minimum Gasteiger partial charge on any atom is -0.475 e. The summed E-state index contributed by atoms with van der Waals surface area (Å²) in [5.74, 6) is -3.41. The number of carboxylic acids is 1. The van der Waals surface area contributed by atoms with Crippen LogP contribution in [0, 0.1) is 5.82 Å². The van der Waals surface area contributed by atoms with E-state index in [4.69, 9.17) is 14.7 Å². The molecule has 198 valence electrons. The molecule has 1 saturated heterocycles. The molecule has 1 atom stereocenters. The first-order valence-electron chi connectivity index (χ1n) is 11.0. The van der Waals surface area contributed by atoms with Crippen molar-refractivity contribution in [2.24, 2.45) is 5.16 Å². The van der Waals surface area contributed by atoms with Crippen LogP contribution in [0.4, 0.5) is 28.0 Å². The summed E-state index contributed by atoms with van der Waals surface area (Å²) in [7, 11) is 0. The molecule has 2 aliphatic heterocycles. The van der Waals surface area contributed by atoms with Crippen molar-refractivity contribution in [3.8, 4) is 0 Å². The highest BCUT2D eigenvalue weighted by Crippen LogP contribution is 2.33. The highest BCUT2D eigenvalue weighted by molar-refractivity contribution is 6.39. The van der Waals surface area contributed by atoms with Crippen LogP contribution in [0.5, 0.6) is 0 Å². The van der Waals surface area contributed by atoms with Crippen molar-refractivity contribution in [2.75, 3.05) is 18.4 Å². The van der Waals surface area contributed by atoms with Crippen LogP contribution in [0.1, 0.15) is 24.8 Å². The quantitative estimate of drug-likeness (QED) is 0.525. The zero-order valence-electron chi connectivity index (χ0n) is 19.3. The van der Waals surface area contributed by atoms with Gasteiger partial charge < -0.3 is 25.5 Å². The van der Waals surface area contributed by atoms with Crippen LogP contribution >= 0.6 is 0 Å². The number of hydrogen-bond donors (Lipinski definition) is 3. The van der Waals surface area contributed by atoms with Crippen LogP contribution in [-0.4, -0.2) is 63.5 Å². The van der Waals surface area contributed by atoms with Crippen LogP contribution in [0.15, 0.2) is 53.9 Å². The first kappa shape index (κ1) is 27.4. The van der Waals surface area contributed by atoms with E-state index in [0.717, 1.165) is 12.0 Å². The molecule has 0 radical (unpaired) electrons. The second-order valence-electron chi connectivity index (χ2n) is 8.30. The number of alkyl halides is 3. The number of aliphatic carboxylic acids is 1. The highest BCUT2D eigenvalue weighted by atomic mass is 19.4. The summed E-state index contributed by atoms with van der Waals surface area (Å²) < 4.78 is 44.8. The largest absolute Gasteiger partial charge is 0.490 e. The van der Waals surface area contributed by atoms with E-state index < -0.39 is 17.7 Å². The molecule has 1 aromatic carbocycles. The average molecular weight is 525 g/mol. The number of halogens is 4. The molecule has 0 aliphatic carbocycles. The number of amides is 3. The molecule has 3 N–H and O–H groups in total. The van der Waals surface area contributed by atoms with Crippen molar-refractivity contribution in [3.63, 3.8) is 0 Å². The molecule has 14 heteroatoms. The number of aromatic nitrogens is 1. The number of carbonyl (C=O) groups excluding carboxylic acids is 2. The summed E-state index contributed by atoms with van der Waals surface area (Å²) in [5, 5.41) is 16.7. The van der Waals surface area contributed by atoms with Gasteiger partial charge in [-0.3, -0.25) is 9.78 Å². The van der Waals surface area contributed by atoms with Gasteiger partial charge in [-0.2, -0.15) is 13.2 Å². The fraction of sp³-hybridized carbons (Fsp3) is 0.348. The van der Waals surface area contributed by atoms with Crippen molar-refractivity contribution in [3.05, 3.63) is 60.2 Å². The second kappa shape index (κ2) is 11.7. The lowest BCUT2D eigenvalue weighted by Crippen LogP contribution is -2.52. The number of piperidine rings is 1. The van der Waals surface area contributed by atoms with Crippen molar-refractivity contribution >= 4 is 29.3 Å². The van der Waals surface area contributed by atoms with Gasteiger partial charge in [0.05, 0.1) is 6.54 Å². The van der Waals surface area contributed by atoms with Crippen molar-refractivity contribution in [2.45, 2.75) is 37.6 Å². The number of urea groups is 1. The van der Waals surface area contributed by atoms with Crippen LogP contribution in [0.3, 0.4) is 0 Å². The Morgan fingerprint density at radius 1 is 1.16 bits per heavy atom. The van der Waals surface area contributed by atoms with Crippen molar-refractivity contribution < 1.29 is 41.9 Å². The first-order chi connectivity index (χ1) is 17.5. The lowest BCUT2D eigenvalue weighted by Gasteiger charge is -2.38. The van der Waals surface area contributed by atoms with Crippen LogP contribution in [-0.2, 0) is 21.0 Å². The van der Waals surface area contributed by atoms with Gasteiger partial charge in [-0.05, 0) is 48.7 Å². The fourth-order valence-electron chi connectivity index (χ4n) is 3.66. The SMILES string of the molecule is O=C(NCc1cccnc1)C1=NOC2(CCCN(C(=O)Nc3ccc(F)cc3)C2)C1.O=C(O)C(F)(F)F. The highest BCUT2D eigenvalue weighted by Gasteiger charge is 2.45. The molecule has 3 amide bonds. The van der Waals surface area contributed by atoms with E-state index in [1.165, 1.54) is 24.3 Å². The molecule has 1 spiro atoms. The summed E-state index contributed by atoms with van der Waals surface area (Å²) in [6, 6.07) is 8.98. The lowest BCUT2D eigenvalue weighted by atomic mass is 9.88. The predicted octanol–water partition coefficient (Wildman–Crippen LogP) is 3.31. The van der Waals surface area contributed by atoms with Gasteiger partial charge in [-0.1, -0.05) is 11.2 Å². The maximum Gasteiger partial charge on any atom is 0.490 e. The van der Waals surface area contributed by atoms with E-state index in [1.807, 2.05) is 6.07 Å². The Bertz CT molecular complexity index is 1140. The normalized spacial score (nSPS) is 18.7. The number of nitrogens with zero attached hydrogens (tertiary/aromatic N) is 3. The summed E-state index contributed by atoms with van der Waals surface area (Å²) in [5.41, 5.74) is 1.03. The van der Waals surface area contributed by atoms with Gasteiger partial charge in [0.15, 0.2) is 5.60 Å². The van der Waals surface area contributed by atoms with Gasteiger partial charge in [0.25, 0.3) is 5.91 Å². The van der Waals surface area contributed by atoms with E-state index in [-0.39, 0.29) is 17.8 Å². The number of carboxylic acid groups (broad SMARTS) is 1. The number of rotatable bonds is 4. The average Bonchev–Trinajstić information content (AvgIpc) is 3.27. The van der Waals surface area contributed by atoms with Crippen molar-refractivity contribution in [1.82, 2.24) is 15.2 Å². The number of hydrogen-bond acceptors (Lipinski definition) is 6. The van der Waals surface area contributed by atoms with E-state index >= 15 is 0 Å². The Hall–Kier alpha value is -4.23. The van der Waals surface area contributed by atoms with Gasteiger partial charge in [0.2, 0.25) is 0 Å². The predicted molar refractivity (Wildman–Crippen MR) is 122 cm³/mol. The second-order valence-corrected chi connectivity index (χ2v) is 8.30. The Labute approximate surface area is 208 Å². The smallest absolute Gasteiger partial charge is 0.475 e. The molecular formula is C23H23F4N5O5. The zero-order chi connectivity index (χ0) is 27.1. The number of pyridine rings is 1. The van der Waals surface area contributed by atoms with Crippen LogP contribution in [0.25, 0.3) is 0 Å². The summed E-state index contributed by atoms with van der Waals surface area (Å²) in [6.45, 7) is 1.24. The van der Waals surface area contributed by atoms with E-state index in [1.54, 1.807) is 23.4 Å². The first-order valence-corrected chi connectivity index (χ1v) is 11.0. The number of likely N-dealkylation sites (tertiary alicyclic amines) is 1. The number of anilines is 1. The summed E-state index contributed by atoms with van der Waals surface area (Å²) >= 11 is 0. The number of benzene rings is 1. The molecule has 1 fully saturated rings.